The second kappa shape index (κ2) is 16.7. The van der Waals surface area contributed by atoms with Crippen molar-refractivity contribution in [2.45, 2.75) is 91.0 Å². The van der Waals surface area contributed by atoms with Crippen molar-refractivity contribution >= 4 is 28.5 Å². The van der Waals surface area contributed by atoms with Gasteiger partial charge in [0.2, 0.25) is 17.7 Å². The SMILES string of the molecule is CC(C)CC(CC(C)C)C(=O)N1CCCC1C(=O)N[C@H](Cc1ccc2ccccc2c1)C(=O)NCC(O)CNC[C@@H](C)O. The summed E-state index contributed by atoms with van der Waals surface area (Å²) < 4.78 is 0. The van der Waals surface area contributed by atoms with Gasteiger partial charge in [0.1, 0.15) is 12.1 Å². The van der Waals surface area contributed by atoms with Crippen molar-refractivity contribution in [1.82, 2.24) is 20.9 Å². The fourth-order valence-corrected chi connectivity index (χ4v) is 5.92. The summed E-state index contributed by atoms with van der Waals surface area (Å²) >= 11 is 0. The van der Waals surface area contributed by atoms with Gasteiger partial charge in [-0.05, 0) is 60.8 Å². The number of aliphatic hydroxyl groups is 2. The first kappa shape index (κ1) is 34.5. The molecule has 2 aromatic carbocycles. The summed E-state index contributed by atoms with van der Waals surface area (Å²) in [6, 6.07) is 12.4. The van der Waals surface area contributed by atoms with E-state index in [2.05, 4.69) is 43.6 Å². The van der Waals surface area contributed by atoms with E-state index in [1.807, 2.05) is 42.5 Å². The summed E-state index contributed by atoms with van der Waals surface area (Å²) in [6.45, 7) is 11.2. The molecular formula is C34H52N4O5. The van der Waals surface area contributed by atoms with E-state index in [1.54, 1.807) is 11.8 Å². The predicted octanol–water partition coefficient (Wildman–Crippen LogP) is 3.01. The quantitative estimate of drug-likeness (QED) is 0.203. The maximum absolute atomic E-state index is 13.7. The van der Waals surface area contributed by atoms with Gasteiger partial charge in [-0.15, -0.1) is 0 Å². The number of carbonyl (C=O) groups excluding carboxylic acids is 3. The lowest BCUT2D eigenvalue weighted by atomic mass is 9.88. The van der Waals surface area contributed by atoms with Crippen molar-refractivity contribution in [3.8, 4) is 0 Å². The Balaban J connectivity index is 1.75. The lowest BCUT2D eigenvalue weighted by Crippen LogP contribution is -2.55. The van der Waals surface area contributed by atoms with Crippen molar-refractivity contribution in [3.05, 3.63) is 48.0 Å². The van der Waals surface area contributed by atoms with Crippen LogP contribution < -0.4 is 16.0 Å². The Morgan fingerprint density at radius 1 is 0.907 bits per heavy atom. The van der Waals surface area contributed by atoms with E-state index in [0.717, 1.165) is 35.6 Å². The van der Waals surface area contributed by atoms with Crippen molar-refractivity contribution in [2.24, 2.45) is 17.8 Å². The Morgan fingerprint density at radius 3 is 2.23 bits per heavy atom. The summed E-state index contributed by atoms with van der Waals surface area (Å²) in [5.41, 5.74) is 0.895. The molecule has 3 rings (SSSR count). The minimum Gasteiger partial charge on any atom is -0.392 e. The standard InChI is InChI=1S/C34H52N4O5/c1-22(2)15-28(16-23(3)4)34(43)38-14-8-11-31(38)33(42)37-30(32(41)36-21-29(40)20-35-19-24(5)39)18-25-12-13-26-9-6-7-10-27(26)17-25/h6-7,9-10,12-13,17,22-24,28-31,35,39-40H,8,11,14-16,18-21H2,1-5H3,(H,36,41)(H,37,42)/t24-,29?,30-,31?/m1/s1. The van der Waals surface area contributed by atoms with Gasteiger partial charge in [0, 0.05) is 38.5 Å². The van der Waals surface area contributed by atoms with Crippen LogP contribution in [0.4, 0.5) is 0 Å². The molecule has 43 heavy (non-hydrogen) atoms. The largest absolute Gasteiger partial charge is 0.392 e. The number of aliphatic hydroxyl groups excluding tert-OH is 2. The van der Waals surface area contributed by atoms with Crippen LogP contribution in [0.3, 0.4) is 0 Å². The number of fused-ring (bicyclic) bond motifs is 1. The smallest absolute Gasteiger partial charge is 0.243 e. The topological polar surface area (TPSA) is 131 Å². The highest BCUT2D eigenvalue weighted by Gasteiger charge is 2.38. The van der Waals surface area contributed by atoms with E-state index >= 15 is 0 Å². The summed E-state index contributed by atoms with van der Waals surface area (Å²) in [5.74, 6) is -0.0777. The van der Waals surface area contributed by atoms with Crippen LogP contribution in [-0.4, -0.2) is 83.3 Å². The van der Waals surface area contributed by atoms with Gasteiger partial charge in [-0.3, -0.25) is 14.4 Å². The molecule has 0 saturated carbocycles. The molecule has 1 saturated heterocycles. The maximum atomic E-state index is 13.7. The van der Waals surface area contributed by atoms with Crippen LogP contribution in [0.1, 0.15) is 65.9 Å². The summed E-state index contributed by atoms with van der Waals surface area (Å²) in [4.78, 5) is 42.6. The fourth-order valence-electron chi connectivity index (χ4n) is 5.92. The first-order valence-corrected chi connectivity index (χ1v) is 15.9. The Hall–Kier alpha value is -3.01. The van der Waals surface area contributed by atoms with Crippen LogP contribution in [0, 0.1) is 17.8 Å². The van der Waals surface area contributed by atoms with Crippen LogP contribution in [0.5, 0.6) is 0 Å². The number of benzene rings is 2. The van der Waals surface area contributed by atoms with Gasteiger partial charge in [-0.1, -0.05) is 70.2 Å². The third kappa shape index (κ3) is 10.9. The molecule has 0 aromatic heterocycles. The molecule has 9 nitrogen and oxygen atoms in total. The van der Waals surface area contributed by atoms with Gasteiger partial charge in [0.05, 0.1) is 12.2 Å². The minimum absolute atomic E-state index is 0.00411. The summed E-state index contributed by atoms with van der Waals surface area (Å²) in [6.07, 6.45) is 1.73. The molecular weight excluding hydrogens is 544 g/mol. The molecule has 1 aliphatic heterocycles. The molecule has 0 spiro atoms. The third-order valence-electron chi connectivity index (χ3n) is 7.92. The van der Waals surface area contributed by atoms with Crippen molar-refractivity contribution in [1.29, 1.82) is 0 Å². The molecule has 4 atom stereocenters. The molecule has 238 valence electrons. The number of hydrogen-bond acceptors (Lipinski definition) is 6. The molecule has 1 fully saturated rings. The zero-order valence-corrected chi connectivity index (χ0v) is 26.5. The van der Waals surface area contributed by atoms with Crippen LogP contribution in [-0.2, 0) is 20.8 Å². The fraction of sp³-hybridized carbons (Fsp3) is 0.618. The van der Waals surface area contributed by atoms with E-state index in [4.69, 9.17) is 0 Å². The number of nitrogens with zero attached hydrogens (tertiary/aromatic N) is 1. The summed E-state index contributed by atoms with van der Waals surface area (Å²) in [5, 5.41) is 30.6. The molecule has 9 heteroatoms. The summed E-state index contributed by atoms with van der Waals surface area (Å²) in [7, 11) is 0. The number of hydrogen-bond donors (Lipinski definition) is 5. The van der Waals surface area contributed by atoms with E-state index in [-0.39, 0.29) is 37.2 Å². The number of likely N-dealkylation sites (tertiary alicyclic amines) is 1. The van der Waals surface area contributed by atoms with Crippen molar-refractivity contribution in [3.63, 3.8) is 0 Å². The molecule has 0 radical (unpaired) electrons. The molecule has 2 unspecified atom stereocenters. The van der Waals surface area contributed by atoms with E-state index in [0.29, 0.717) is 31.3 Å². The van der Waals surface area contributed by atoms with Crippen LogP contribution >= 0.6 is 0 Å². The second-order valence-corrected chi connectivity index (χ2v) is 13.0. The number of carbonyl (C=O) groups is 3. The highest BCUT2D eigenvalue weighted by Crippen LogP contribution is 2.27. The van der Waals surface area contributed by atoms with Gasteiger partial charge in [0.25, 0.3) is 0 Å². The van der Waals surface area contributed by atoms with Crippen molar-refractivity contribution in [2.75, 3.05) is 26.2 Å². The van der Waals surface area contributed by atoms with Crippen LogP contribution in [0.2, 0.25) is 0 Å². The third-order valence-corrected chi connectivity index (χ3v) is 7.92. The van der Waals surface area contributed by atoms with Gasteiger partial charge in [-0.25, -0.2) is 0 Å². The highest BCUT2D eigenvalue weighted by molar-refractivity contribution is 5.93. The van der Waals surface area contributed by atoms with Gasteiger partial charge in [0.15, 0.2) is 0 Å². The first-order valence-electron chi connectivity index (χ1n) is 15.9. The van der Waals surface area contributed by atoms with Gasteiger partial charge >= 0.3 is 0 Å². The molecule has 3 amide bonds. The Kier molecular flexibility index (Phi) is 13.4. The van der Waals surface area contributed by atoms with E-state index in [9.17, 15) is 24.6 Å². The molecule has 1 heterocycles. The van der Waals surface area contributed by atoms with Crippen LogP contribution in [0.15, 0.2) is 42.5 Å². The zero-order valence-electron chi connectivity index (χ0n) is 26.5. The maximum Gasteiger partial charge on any atom is 0.243 e. The van der Waals surface area contributed by atoms with Gasteiger partial charge in [-0.2, -0.15) is 0 Å². The molecule has 2 aromatic rings. The molecule has 0 aliphatic carbocycles. The predicted molar refractivity (Wildman–Crippen MR) is 170 cm³/mol. The monoisotopic (exact) mass is 596 g/mol. The average Bonchev–Trinajstić information content (AvgIpc) is 3.44. The number of amides is 3. The molecule has 1 aliphatic rings. The Labute approximate surface area is 256 Å². The number of nitrogens with one attached hydrogen (secondary N) is 3. The zero-order chi connectivity index (χ0) is 31.5. The normalized spacial score (nSPS) is 17.4. The lowest BCUT2D eigenvalue weighted by Gasteiger charge is -2.31. The Morgan fingerprint density at radius 2 is 1.58 bits per heavy atom. The average molecular weight is 597 g/mol. The number of rotatable bonds is 16. The van der Waals surface area contributed by atoms with Crippen molar-refractivity contribution < 1.29 is 24.6 Å². The van der Waals surface area contributed by atoms with E-state index < -0.39 is 30.2 Å². The Bertz CT molecular complexity index is 1190. The first-order chi connectivity index (χ1) is 20.4. The molecule has 5 N–H and O–H groups in total. The van der Waals surface area contributed by atoms with Crippen LogP contribution in [0.25, 0.3) is 10.8 Å². The second-order valence-electron chi connectivity index (χ2n) is 13.0. The molecule has 0 bridgehead atoms. The van der Waals surface area contributed by atoms with Gasteiger partial charge < -0.3 is 31.1 Å². The van der Waals surface area contributed by atoms with E-state index in [1.165, 1.54) is 0 Å². The highest BCUT2D eigenvalue weighted by atomic mass is 16.3. The lowest BCUT2D eigenvalue weighted by molar-refractivity contribution is -0.143. The minimum atomic E-state index is -0.883.